The molecule has 0 saturated carbocycles. The SMILES string of the molecule is FC(F)(F)/C1=C/C/C(N2CCNCC2)=C\CC=C1. The monoisotopic (exact) mass is 258 g/mol. The van der Waals surface area contributed by atoms with Crippen molar-refractivity contribution in [1.82, 2.24) is 10.2 Å². The van der Waals surface area contributed by atoms with Crippen LogP contribution in [-0.4, -0.2) is 37.3 Å². The largest absolute Gasteiger partial charge is 0.416 e. The molecule has 0 aromatic carbocycles. The van der Waals surface area contributed by atoms with Crippen molar-refractivity contribution in [3.8, 4) is 0 Å². The van der Waals surface area contributed by atoms with Crippen LogP contribution in [0.3, 0.4) is 0 Å². The van der Waals surface area contributed by atoms with Crippen LogP contribution in [0.15, 0.2) is 35.6 Å². The number of rotatable bonds is 1. The molecular formula is C13H17F3N2. The van der Waals surface area contributed by atoms with Gasteiger partial charge in [-0.1, -0.05) is 24.3 Å². The molecule has 1 aliphatic heterocycles. The molecule has 1 fully saturated rings. The molecule has 0 aromatic heterocycles. The van der Waals surface area contributed by atoms with Crippen molar-refractivity contribution < 1.29 is 13.2 Å². The number of hydrogen-bond acceptors (Lipinski definition) is 2. The number of alkyl halides is 3. The summed E-state index contributed by atoms with van der Waals surface area (Å²) in [7, 11) is 0. The molecule has 0 radical (unpaired) electrons. The summed E-state index contributed by atoms with van der Waals surface area (Å²) in [4.78, 5) is 2.17. The van der Waals surface area contributed by atoms with Gasteiger partial charge >= 0.3 is 6.18 Å². The first-order valence-electron chi connectivity index (χ1n) is 6.16. The lowest BCUT2D eigenvalue weighted by Gasteiger charge is -2.31. The van der Waals surface area contributed by atoms with Gasteiger partial charge in [-0.25, -0.2) is 0 Å². The van der Waals surface area contributed by atoms with Crippen LogP contribution in [0.2, 0.25) is 0 Å². The highest BCUT2D eigenvalue weighted by Crippen LogP contribution is 2.29. The van der Waals surface area contributed by atoms with Gasteiger partial charge in [0.2, 0.25) is 0 Å². The third-order valence-corrected chi connectivity index (χ3v) is 3.17. The summed E-state index contributed by atoms with van der Waals surface area (Å²) in [5.41, 5.74) is 0.464. The molecule has 18 heavy (non-hydrogen) atoms. The van der Waals surface area contributed by atoms with Crippen molar-refractivity contribution in [3.63, 3.8) is 0 Å². The van der Waals surface area contributed by atoms with E-state index in [0.29, 0.717) is 12.8 Å². The zero-order chi connectivity index (χ0) is 13.0. The molecule has 1 saturated heterocycles. The fraction of sp³-hybridized carbons (Fsp3) is 0.538. The first-order chi connectivity index (χ1) is 8.57. The van der Waals surface area contributed by atoms with Crippen molar-refractivity contribution in [3.05, 3.63) is 35.6 Å². The number of nitrogens with one attached hydrogen (secondary N) is 1. The van der Waals surface area contributed by atoms with Gasteiger partial charge in [-0.3, -0.25) is 0 Å². The zero-order valence-electron chi connectivity index (χ0n) is 10.1. The minimum absolute atomic E-state index is 0.360. The van der Waals surface area contributed by atoms with Crippen LogP contribution in [0.25, 0.3) is 0 Å². The molecule has 0 unspecified atom stereocenters. The third kappa shape index (κ3) is 3.38. The minimum atomic E-state index is -4.25. The maximum atomic E-state index is 12.7. The van der Waals surface area contributed by atoms with Gasteiger partial charge in [-0.15, -0.1) is 0 Å². The predicted molar refractivity (Wildman–Crippen MR) is 65.0 cm³/mol. The van der Waals surface area contributed by atoms with E-state index in [2.05, 4.69) is 10.2 Å². The summed E-state index contributed by atoms with van der Waals surface area (Å²) < 4.78 is 38.0. The molecule has 2 rings (SSSR count). The quantitative estimate of drug-likeness (QED) is 0.777. The Hall–Kier alpha value is -1.23. The summed E-state index contributed by atoms with van der Waals surface area (Å²) in [5.74, 6) is 0. The molecule has 2 nitrogen and oxygen atoms in total. The Morgan fingerprint density at radius 1 is 1.11 bits per heavy atom. The highest BCUT2D eigenvalue weighted by Gasteiger charge is 2.31. The molecule has 0 atom stereocenters. The fourth-order valence-electron chi connectivity index (χ4n) is 2.19. The summed E-state index contributed by atoms with van der Waals surface area (Å²) in [6, 6.07) is 0. The number of halogens is 3. The van der Waals surface area contributed by atoms with Crippen molar-refractivity contribution in [2.24, 2.45) is 0 Å². The van der Waals surface area contributed by atoms with Crippen LogP contribution in [0.1, 0.15) is 12.8 Å². The second-order valence-electron chi connectivity index (χ2n) is 4.43. The molecule has 1 N–H and O–H groups in total. The van der Waals surface area contributed by atoms with Crippen LogP contribution in [0, 0.1) is 0 Å². The first-order valence-corrected chi connectivity index (χ1v) is 6.16. The Balaban J connectivity index is 2.10. The van der Waals surface area contributed by atoms with E-state index in [1.165, 1.54) is 12.2 Å². The summed E-state index contributed by atoms with van der Waals surface area (Å²) in [6.07, 6.45) is 2.72. The van der Waals surface area contributed by atoms with Gasteiger partial charge in [0, 0.05) is 38.3 Å². The molecule has 100 valence electrons. The Morgan fingerprint density at radius 3 is 2.50 bits per heavy atom. The number of hydrogen-bond donors (Lipinski definition) is 1. The van der Waals surface area contributed by atoms with E-state index in [1.807, 2.05) is 6.08 Å². The number of nitrogens with zero attached hydrogens (tertiary/aromatic N) is 1. The Bertz CT molecular complexity index is 374. The average Bonchev–Trinajstić information content (AvgIpc) is 2.28. The Morgan fingerprint density at radius 2 is 1.83 bits per heavy atom. The average molecular weight is 258 g/mol. The zero-order valence-corrected chi connectivity index (χ0v) is 10.1. The predicted octanol–water partition coefficient (Wildman–Crippen LogP) is 2.61. The molecule has 0 bridgehead atoms. The van der Waals surface area contributed by atoms with E-state index < -0.39 is 11.7 Å². The van der Waals surface area contributed by atoms with Crippen LogP contribution >= 0.6 is 0 Å². The van der Waals surface area contributed by atoms with E-state index in [1.54, 1.807) is 6.08 Å². The second-order valence-corrected chi connectivity index (χ2v) is 4.43. The lowest BCUT2D eigenvalue weighted by atomic mass is 10.1. The topological polar surface area (TPSA) is 15.3 Å². The smallest absolute Gasteiger partial charge is 0.372 e. The maximum Gasteiger partial charge on any atom is 0.416 e. The highest BCUT2D eigenvalue weighted by molar-refractivity contribution is 5.28. The Kier molecular flexibility index (Phi) is 4.11. The minimum Gasteiger partial charge on any atom is -0.372 e. The van der Waals surface area contributed by atoms with Gasteiger partial charge in [-0.05, 0) is 6.42 Å². The molecule has 5 heteroatoms. The molecule has 0 spiro atoms. The van der Waals surface area contributed by atoms with E-state index in [4.69, 9.17) is 0 Å². The lowest BCUT2D eigenvalue weighted by molar-refractivity contribution is -0.0884. The van der Waals surface area contributed by atoms with E-state index in [-0.39, 0.29) is 0 Å². The molecule has 0 amide bonds. The van der Waals surface area contributed by atoms with Crippen LogP contribution < -0.4 is 5.32 Å². The first kappa shape index (κ1) is 13.2. The van der Waals surface area contributed by atoms with Crippen molar-refractivity contribution in [2.45, 2.75) is 19.0 Å². The molecule has 2 aliphatic rings. The number of piperazine rings is 1. The molecule has 1 aliphatic carbocycles. The van der Waals surface area contributed by atoms with Crippen molar-refractivity contribution in [2.75, 3.05) is 26.2 Å². The molecule has 1 heterocycles. The maximum absolute atomic E-state index is 12.7. The lowest BCUT2D eigenvalue weighted by Crippen LogP contribution is -2.42. The summed E-state index contributed by atoms with van der Waals surface area (Å²) >= 11 is 0. The third-order valence-electron chi connectivity index (χ3n) is 3.17. The van der Waals surface area contributed by atoms with Crippen LogP contribution in [-0.2, 0) is 0 Å². The standard InChI is InChI=1S/C13H17F3N2/c14-13(15,16)11-3-1-2-4-12(6-5-11)18-9-7-17-8-10-18/h1,3-5,17H,2,6-10H2/b3-1?,11-5+,12-4+. The second kappa shape index (κ2) is 5.61. The van der Waals surface area contributed by atoms with Crippen LogP contribution in [0.5, 0.6) is 0 Å². The molecular weight excluding hydrogens is 241 g/mol. The Labute approximate surface area is 105 Å². The van der Waals surface area contributed by atoms with E-state index in [0.717, 1.165) is 31.9 Å². The van der Waals surface area contributed by atoms with Gasteiger partial charge < -0.3 is 10.2 Å². The van der Waals surface area contributed by atoms with Gasteiger partial charge in [0.25, 0.3) is 0 Å². The summed E-state index contributed by atoms with van der Waals surface area (Å²) in [5, 5.41) is 3.24. The summed E-state index contributed by atoms with van der Waals surface area (Å²) in [6.45, 7) is 3.52. The highest BCUT2D eigenvalue weighted by atomic mass is 19.4. The van der Waals surface area contributed by atoms with Gasteiger partial charge in [0.15, 0.2) is 0 Å². The number of allylic oxidation sites excluding steroid dienone is 5. The van der Waals surface area contributed by atoms with Crippen LogP contribution in [0.4, 0.5) is 13.2 Å². The fourth-order valence-corrected chi connectivity index (χ4v) is 2.19. The molecule has 0 aromatic rings. The van der Waals surface area contributed by atoms with Crippen molar-refractivity contribution >= 4 is 0 Å². The van der Waals surface area contributed by atoms with Crippen molar-refractivity contribution in [1.29, 1.82) is 0 Å². The van der Waals surface area contributed by atoms with Gasteiger partial charge in [-0.2, -0.15) is 13.2 Å². The van der Waals surface area contributed by atoms with Gasteiger partial charge in [0.1, 0.15) is 0 Å². The van der Waals surface area contributed by atoms with E-state index >= 15 is 0 Å². The van der Waals surface area contributed by atoms with E-state index in [9.17, 15) is 13.2 Å². The van der Waals surface area contributed by atoms with Gasteiger partial charge in [0.05, 0.1) is 5.57 Å². The normalized spacial score (nSPS) is 27.8.